The van der Waals surface area contributed by atoms with E-state index in [9.17, 15) is 35.1 Å². The quantitative estimate of drug-likeness (QED) is 0.111. The summed E-state index contributed by atoms with van der Waals surface area (Å²) in [5.74, 6) is -9.91. The Morgan fingerprint density at radius 3 is 1.53 bits per heavy atom. The van der Waals surface area contributed by atoms with E-state index in [1.807, 2.05) is 12.1 Å². The lowest BCUT2D eigenvalue weighted by atomic mass is 9.97. The van der Waals surface area contributed by atoms with Crippen molar-refractivity contribution in [1.29, 1.82) is 0 Å². The molecule has 5 aromatic carbocycles. The van der Waals surface area contributed by atoms with Crippen molar-refractivity contribution in [1.82, 2.24) is 0 Å². The minimum absolute atomic E-state index is 0.0182. The zero-order valence-electron chi connectivity index (χ0n) is 23.9. The van der Waals surface area contributed by atoms with Gasteiger partial charge in [0.1, 0.15) is 34.6 Å². The summed E-state index contributed by atoms with van der Waals surface area (Å²) in [6, 6.07) is 18.9. The molecule has 0 N–H and O–H groups in total. The highest BCUT2D eigenvalue weighted by atomic mass is 19.3. The van der Waals surface area contributed by atoms with E-state index in [0.717, 1.165) is 42.9 Å². The van der Waals surface area contributed by atoms with Crippen LogP contribution < -0.4 is 4.74 Å². The van der Waals surface area contributed by atoms with E-state index in [0.29, 0.717) is 42.0 Å². The lowest BCUT2D eigenvalue weighted by Crippen LogP contribution is -2.25. The molecule has 0 aliphatic rings. The van der Waals surface area contributed by atoms with Gasteiger partial charge in [0.05, 0.1) is 5.56 Å². The third-order valence-corrected chi connectivity index (χ3v) is 7.38. The summed E-state index contributed by atoms with van der Waals surface area (Å²) in [6.07, 6.45) is -0.277. The molecule has 0 saturated carbocycles. The van der Waals surface area contributed by atoms with Crippen LogP contribution in [0.5, 0.6) is 5.75 Å². The monoisotopic (exact) mass is 626 g/mol. The van der Waals surface area contributed by atoms with Crippen molar-refractivity contribution >= 4 is 0 Å². The first-order valence-corrected chi connectivity index (χ1v) is 14.2. The normalized spacial score (nSPS) is 11.6. The molecule has 5 rings (SSSR count). The van der Waals surface area contributed by atoms with Gasteiger partial charge in [-0.2, -0.15) is 8.78 Å². The zero-order chi connectivity index (χ0) is 32.3. The molecule has 0 unspecified atom stereocenters. The van der Waals surface area contributed by atoms with Crippen molar-refractivity contribution in [3.8, 4) is 39.1 Å². The molecule has 0 bridgehead atoms. The van der Waals surface area contributed by atoms with Crippen LogP contribution in [0.15, 0.2) is 91.0 Å². The van der Waals surface area contributed by atoms with Gasteiger partial charge in [0, 0.05) is 12.1 Å². The van der Waals surface area contributed by atoms with Gasteiger partial charge in [-0.05, 0) is 70.5 Å². The Morgan fingerprint density at radius 1 is 0.511 bits per heavy atom. The second-order valence-corrected chi connectivity index (χ2v) is 10.6. The first-order valence-electron chi connectivity index (χ1n) is 14.2. The summed E-state index contributed by atoms with van der Waals surface area (Å²) in [6.45, 7) is 2.15. The molecule has 0 fully saturated rings. The smallest absolute Gasteiger partial charge is 0.429 e. The molecule has 0 atom stereocenters. The molecule has 0 aromatic heterocycles. The summed E-state index contributed by atoms with van der Waals surface area (Å²) in [5.41, 5.74) is 0.366. The van der Waals surface area contributed by atoms with Crippen molar-refractivity contribution in [2.45, 2.75) is 38.7 Å². The Morgan fingerprint density at radius 2 is 1.00 bits per heavy atom. The maximum Gasteiger partial charge on any atom is 0.432 e. The minimum atomic E-state index is -4.68. The molecule has 0 spiro atoms. The zero-order valence-corrected chi connectivity index (χ0v) is 23.9. The number of alkyl halides is 2. The lowest BCUT2D eigenvalue weighted by Gasteiger charge is -2.20. The van der Waals surface area contributed by atoms with E-state index < -0.39 is 63.5 Å². The third kappa shape index (κ3) is 7.03. The van der Waals surface area contributed by atoms with Crippen LogP contribution in [0, 0.1) is 34.9 Å². The van der Waals surface area contributed by atoms with Gasteiger partial charge in [-0.25, -0.2) is 26.3 Å². The summed E-state index contributed by atoms with van der Waals surface area (Å²) < 4.78 is 120. The number of halogens is 8. The fraction of sp³-hybridized carbons (Fsp3) is 0.167. The average molecular weight is 627 g/mol. The second-order valence-electron chi connectivity index (χ2n) is 10.6. The van der Waals surface area contributed by atoms with Crippen LogP contribution in [0.3, 0.4) is 0 Å². The van der Waals surface area contributed by atoms with Crippen LogP contribution in [0.25, 0.3) is 33.4 Å². The van der Waals surface area contributed by atoms with Gasteiger partial charge in [0.2, 0.25) is 0 Å². The Kier molecular flexibility index (Phi) is 9.27. The second kappa shape index (κ2) is 13.1. The number of unbranched alkanes of at least 4 members (excludes halogenated alkanes) is 2. The molecular formula is C36H26F8O. The number of benzene rings is 5. The van der Waals surface area contributed by atoms with Crippen LogP contribution >= 0.6 is 0 Å². The average Bonchev–Trinajstić information content (AvgIpc) is 2.98. The Hall–Kier alpha value is -4.66. The van der Waals surface area contributed by atoms with Gasteiger partial charge in [0.25, 0.3) is 0 Å². The van der Waals surface area contributed by atoms with Crippen molar-refractivity contribution in [2.75, 3.05) is 0 Å². The number of aryl methyl sites for hydroxylation is 1. The van der Waals surface area contributed by atoms with Gasteiger partial charge >= 0.3 is 6.11 Å². The molecular weight excluding hydrogens is 600 g/mol. The third-order valence-electron chi connectivity index (χ3n) is 7.38. The molecule has 0 aliphatic heterocycles. The Bertz CT molecular complexity index is 1770. The maximum atomic E-state index is 15.0. The highest BCUT2D eigenvalue weighted by molar-refractivity contribution is 5.71. The Labute approximate surface area is 254 Å². The summed E-state index contributed by atoms with van der Waals surface area (Å²) >= 11 is 0. The highest BCUT2D eigenvalue weighted by Gasteiger charge is 2.41. The van der Waals surface area contributed by atoms with Gasteiger partial charge in [-0.3, -0.25) is 0 Å². The fourth-order valence-corrected chi connectivity index (χ4v) is 5.05. The van der Waals surface area contributed by atoms with Gasteiger partial charge in [-0.15, -0.1) is 0 Å². The van der Waals surface area contributed by atoms with Crippen LogP contribution in [-0.4, -0.2) is 0 Å². The molecule has 0 heterocycles. The van der Waals surface area contributed by atoms with E-state index in [-0.39, 0.29) is 5.56 Å². The van der Waals surface area contributed by atoms with Crippen LogP contribution in [-0.2, 0) is 12.5 Å². The standard InChI is InChI=1S/C36H26F8O/c1-2-3-4-5-21-6-8-22(9-7-21)23-10-12-24(13-11-23)26-17-32(41)35(33(42)18-26)36(43,44)45-27-19-30(39)34(31(40)20-27)25-14-15-28(37)29(38)16-25/h6-20H,2-5H2,1H3. The largest absolute Gasteiger partial charge is 0.432 e. The highest BCUT2D eigenvalue weighted by Crippen LogP contribution is 2.39. The summed E-state index contributed by atoms with van der Waals surface area (Å²) in [7, 11) is 0. The molecule has 9 heteroatoms. The topological polar surface area (TPSA) is 9.23 Å². The molecule has 0 amide bonds. The summed E-state index contributed by atoms with van der Waals surface area (Å²) in [5, 5.41) is 0. The van der Waals surface area contributed by atoms with Crippen LogP contribution in [0.2, 0.25) is 0 Å². The SMILES string of the molecule is CCCCCc1ccc(-c2ccc(-c3cc(F)c(C(F)(F)Oc4cc(F)c(-c5ccc(F)c(F)c5)c(F)c4)c(F)c3)cc2)cc1. The van der Waals surface area contributed by atoms with Crippen molar-refractivity contribution in [3.63, 3.8) is 0 Å². The molecule has 1 nitrogen and oxygen atoms in total. The van der Waals surface area contributed by atoms with Crippen molar-refractivity contribution in [2.24, 2.45) is 0 Å². The number of hydrogen-bond acceptors (Lipinski definition) is 1. The summed E-state index contributed by atoms with van der Waals surface area (Å²) in [4.78, 5) is 0. The van der Waals surface area contributed by atoms with Crippen molar-refractivity contribution < 1.29 is 39.9 Å². The van der Waals surface area contributed by atoms with Gasteiger partial charge < -0.3 is 4.74 Å². The Balaban J connectivity index is 1.35. The van der Waals surface area contributed by atoms with E-state index in [1.165, 1.54) is 5.56 Å². The first-order chi connectivity index (χ1) is 21.5. The molecule has 0 aliphatic carbocycles. The van der Waals surface area contributed by atoms with Gasteiger partial charge in [-0.1, -0.05) is 74.4 Å². The number of ether oxygens (including phenoxy) is 1. The van der Waals surface area contributed by atoms with E-state index in [1.54, 1.807) is 24.3 Å². The predicted molar refractivity (Wildman–Crippen MR) is 157 cm³/mol. The van der Waals surface area contributed by atoms with E-state index in [4.69, 9.17) is 0 Å². The molecule has 0 saturated heterocycles. The molecule has 0 radical (unpaired) electrons. The maximum absolute atomic E-state index is 15.0. The van der Waals surface area contributed by atoms with E-state index in [2.05, 4.69) is 23.8 Å². The van der Waals surface area contributed by atoms with Crippen molar-refractivity contribution in [3.05, 3.63) is 137 Å². The fourth-order valence-electron chi connectivity index (χ4n) is 5.05. The molecule has 45 heavy (non-hydrogen) atoms. The lowest BCUT2D eigenvalue weighted by molar-refractivity contribution is -0.189. The predicted octanol–water partition coefficient (Wildman–Crippen LogP) is 11.4. The first kappa shape index (κ1) is 31.8. The molecule has 232 valence electrons. The number of hydrogen-bond donors (Lipinski definition) is 0. The van der Waals surface area contributed by atoms with E-state index >= 15 is 0 Å². The van der Waals surface area contributed by atoms with Crippen LogP contribution in [0.1, 0.15) is 37.3 Å². The molecule has 5 aromatic rings. The minimum Gasteiger partial charge on any atom is -0.429 e. The van der Waals surface area contributed by atoms with Crippen LogP contribution in [0.4, 0.5) is 35.1 Å². The number of rotatable bonds is 10. The van der Waals surface area contributed by atoms with Gasteiger partial charge in [0.15, 0.2) is 11.6 Å².